The number of halogens is 2. The molecule has 4 heteroatoms. The summed E-state index contributed by atoms with van der Waals surface area (Å²) >= 11 is 0. The summed E-state index contributed by atoms with van der Waals surface area (Å²) in [6.45, 7) is 5.21. The Morgan fingerprint density at radius 3 is 1.89 bits per heavy atom. The Morgan fingerprint density at radius 1 is 0.737 bits per heavy atom. The lowest BCUT2D eigenvalue weighted by atomic mass is 9.66. The van der Waals surface area contributed by atoms with Crippen LogP contribution in [0.15, 0.2) is 24.3 Å². The molecule has 1 heterocycles. The van der Waals surface area contributed by atoms with Gasteiger partial charge in [0, 0.05) is 0 Å². The molecule has 212 valence electrons. The van der Waals surface area contributed by atoms with Crippen molar-refractivity contribution in [1.29, 1.82) is 0 Å². The van der Waals surface area contributed by atoms with E-state index in [1.807, 2.05) is 0 Å². The summed E-state index contributed by atoms with van der Waals surface area (Å²) in [5.74, 6) is 3.53. The van der Waals surface area contributed by atoms with E-state index in [2.05, 4.69) is 19.1 Å². The first-order valence-corrected chi connectivity index (χ1v) is 15.9. The molecule has 4 aliphatic rings. The fourth-order valence-electron chi connectivity index (χ4n) is 8.64. The third-order valence-corrected chi connectivity index (χ3v) is 10.9. The number of rotatable bonds is 7. The maximum Gasteiger partial charge on any atom is 0.200 e. The largest absolute Gasteiger partial charge is 0.491 e. The predicted octanol–water partition coefficient (Wildman–Crippen LogP) is 9.62. The Hall–Kier alpha value is -1.42. The first kappa shape index (κ1) is 28.1. The van der Waals surface area contributed by atoms with Crippen LogP contribution in [0.4, 0.5) is 8.78 Å². The Kier molecular flexibility index (Phi) is 9.84. The van der Waals surface area contributed by atoms with E-state index in [9.17, 15) is 8.78 Å². The molecule has 0 radical (unpaired) electrons. The van der Waals surface area contributed by atoms with Crippen molar-refractivity contribution in [2.45, 2.75) is 116 Å². The minimum absolute atomic E-state index is 0.0216. The van der Waals surface area contributed by atoms with Crippen LogP contribution in [0.5, 0.6) is 5.75 Å². The molecule has 1 aliphatic heterocycles. The molecule has 0 N–H and O–H groups in total. The monoisotopic (exact) mass is 528 g/mol. The third-order valence-electron chi connectivity index (χ3n) is 10.9. The Balaban J connectivity index is 1.03. The molecule has 0 spiro atoms. The number of ether oxygens (including phenoxy) is 2. The van der Waals surface area contributed by atoms with E-state index in [1.165, 1.54) is 64.2 Å². The zero-order chi connectivity index (χ0) is 26.5. The molecule has 0 bridgehead atoms. The minimum Gasteiger partial charge on any atom is -0.491 e. The summed E-state index contributed by atoms with van der Waals surface area (Å²) in [4.78, 5) is 0. The topological polar surface area (TPSA) is 18.5 Å². The van der Waals surface area contributed by atoms with Crippen molar-refractivity contribution in [2.75, 3.05) is 13.2 Å². The van der Waals surface area contributed by atoms with Gasteiger partial charge in [0.1, 0.15) is 0 Å². The second-order valence-corrected chi connectivity index (χ2v) is 12.9. The molecular weight excluding hydrogens is 478 g/mol. The first-order chi connectivity index (χ1) is 18.6. The van der Waals surface area contributed by atoms with Gasteiger partial charge in [0.05, 0.1) is 19.3 Å². The summed E-state index contributed by atoms with van der Waals surface area (Å²) < 4.78 is 40.9. The summed E-state index contributed by atoms with van der Waals surface area (Å²) in [5, 5.41) is 0. The molecule has 38 heavy (non-hydrogen) atoms. The highest BCUT2D eigenvalue weighted by Gasteiger charge is 2.37. The SMILES string of the molecule is C/C=C/C1CCC(C2CCC(C3CCC(C4CCC(c5ccc(OCC)c(F)c5F)CC4)OC3)CC2)CC1. The Bertz CT molecular complexity index is 897. The highest BCUT2D eigenvalue weighted by molar-refractivity contribution is 5.33. The number of hydrogen-bond acceptors (Lipinski definition) is 2. The van der Waals surface area contributed by atoms with Gasteiger partial charge in [0.2, 0.25) is 5.82 Å². The van der Waals surface area contributed by atoms with E-state index in [0.29, 0.717) is 24.2 Å². The summed E-state index contributed by atoms with van der Waals surface area (Å²) in [5.41, 5.74) is 0.524. The quantitative estimate of drug-likeness (QED) is 0.328. The van der Waals surface area contributed by atoms with Crippen LogP contribution in [-0.2, 0) is 4.74 Å². The van der Waals surface area contributed by atoms with E-state index in [-0.39, 0.29) is 11.7 Å². The van der Waals surface area contributed by atoms with Gasteiger partial charge in [0.15, 0.2) is 11.6 Å². The molecule has 1 aromatic carbocycles. The molecule has 1 saturated heterocycles. The average Bonchev–Trinajstić information content (AvgIpc) is 2.97. The minimum atomic E-state index is -0.834. The van der Waals surface area contributed by atoms with Crippen molar-refractivity contribution in [3.05, 3.63) is 41.5 Å². The molecular formula is C34H50F2O2. The standard InChI is InChI=1S/C34H50F2O2/c1-3-5-23-6-8-24(9-7-23)25-10-12-26(13-11-25)29-18-20-31(38-22-29)28-16-14-27(15-17-28)30-19-21-32(37-4-2)34(36)33(30)35/h3,5,19,21,23-29,31H,4,6-18,20,22H2,1-2H3/b5-3+. The van der Waals surface area contributed by atoms with Crippen molar-refractivity contribution >= 4 is 0 Å². The van der Waals surface area contributed by atoms with E-state index < -0.39 is 11.6 Å². The van der Waals surface area contributed by atoms with Crippen LogP contribution in [-0.4, -0.2) is 19.3 Å². The van der Waals surface area contributed by atoms with Gasteiger partial charge >= 0.3 is 0 Å². The van der Waals surface area contributed by atoms with Gasteiger partial charge in [0.25, 0.3) is 0 Å². The lowest BCUT2D eigenvalue weighted by molar-refractivity contribution is -0.0733. The van der Waals surface area contributed by atoms with Crippen LogP contribution in [0, 0.1) is 47.1 Å². The molecule has 2 atom stereocenters. The fraction of sp³-hybridized carbons (Fsp3) is 0.765. The van der Waals surface area contributed by atoms with Crippen molar-refractivity contribution in [2.24, 2.45) is 35.5 Å². The van der Waals surface area contributed by atoms with E-state index >= 15 is 0 Å². The molecule has 0 amide bonds. The van der Waals surface area contributed by atoms with Crippen LogP contribution in [0.3, 0.4) is 0 Å². The molecule has 3 saturated carbocycles. The van der Waals surface area contributed by atoms with Gasteiger partial charge in [-0.2, -0.15) is 4.39 Å². The normalized spacial score (nSPS) is 36.8. The zero-order valence-electron chi connectivity index (χ0n) is 23.8. The van der Waals surface area contributed by atoms with E-state index in [1.54, 1.807) is 19.1 Å². The second-order valence-electron chi connectivity index (χ2n) is 12.9. The van der Waals surface area contributed by atoms with Crippen LogP contribution in [0.2, 0.25) is 0 Å². The summed E-state index contributed by atoms with van der Waals surface area (Å²) in [6, 6.07) is 3.33. The molecule has 1 aromatic rings. The van der Waals surface area contributed by atoms with Crippen molar-refractivity contribution in [3.8, 4) is 5.75 Å². The van der Waals surface area contributed by atoms with Gasteiger partial charge in [-0.15, -0.1) is 0 Å². The van der Waals surface area contributed by atoms with Crippen molar-refractivity contribution < 1.29 is 18.3 Å². The van der Waals surface area contributed by atoms with Crippen molar-refractivity contribution in [1.82, 2.24) is 0 Å². The molecule has 2 unspecified atom stereocenters. The second kappa shape index (κ2) is 13.3. The van der Waals surface area contributed by atoms with Gasteiger partial charge in [-0.05, 0) is 157 Å². The number of hydrogen-bond donors (Lipinski definition) is 0. The fourth-order valence-corrected chi connectivity index (χ4v) is 8.64. The molecule has 0 aromatic heterocycles. The molecule has 4 fully saturated rings. The first-order valence-electron chi connectivity index (χ1n) is 15.9. The zero-order valence-corrected chi connectivity index (χ0v) is 23.8. The van der Waals surface area contributed by atoms with Gasteiger partial charge in [-0.3, -0.25) is 0 Å². The lowest BCUT2D eigenvalue weighted by Gasteiger charge is -2.43. The molecule has 5 rings (SSSR count). The Morgan fingerprint density at radius 2 is 1.32 bits per heavy atom. The highest BCUT2D eigenvalue weighted by Crippen LogP contribution is 2.46. The van der Waals surface area contributed by atoms with Crippen LogP contribution in [0.25, 0.3) is 0 Å². The average molecular weight is 529 g/mol. The summed E-state index contributed by atoms with van der Waals surface area (Å²) in [7, 11) is 0. The summed E-state index contributed by atoms with van der Waals surface area (Å²) in [6.07, 6.45) is 22.9. The van der Waals surface area contributed by atoms with Crippen LogP contribution >= 0.6 is 0 Å². The van der Waals surface area contributed by atoms with Crippen molar-refractivity contribution in [3.63, 3.8) is 0 Å². The van der Waals surface area contributed by atoms with Crippen LogP contribution < -0.4 is 4.74 Å². The number of benzene rings is 1. The predicted molar refractivity (Wildman–Crippen MR) is 150 cm³/mol. The maximum atomic E-state index is 14.7. The maximum absolute atomic E-state index is 14.7. The van der Waals surface area contributed by atoms with E-state index in [0.717, 1.165) is 61.9 Å². The third kappa shape index (κ3) is 6.48. The van der Waals surface area contributed by atoms with Gasteiger partial charge in [-0.25, -0.2) is 4.39 Å². The lowest BCUT2D eigenvalue weighted by Crippen LogP contribution is -2.37. The van der Waals surface area contributed by atoms with Gasteiger partial charge < -0.3 is 9.47 Å². The molecule has 2 nitrogen and oxygen atoms in total. The van der Waals surface area contributed by atoms with Crippen LogP contribution in [0.1, 0.15) is 115 Å². The molecule has 3 aliphatic carbocycles. The van der Waals surface area contributed by atoms with Gasteiger partial charge in [-0.1, -0.05) is 18.2 Å². The smallest absolute Gasteiger partial charge is 0.200 e. The Labute approximate surface area is 229 Å². The number of allylic oxidation sites excluding steroid dienone is 2. The van der Waals surface area contributed by atoms with E-state index in [4.69, 9.17) is 9.47 Å². The highest BCUT2D eigenvalue weighted by atomic mass is 19.2.